The molecule has 2 unspecified atom stereocenters. The van der Waals surface area contributed by atoms with Crippen molar-refractivity contribution in [3.63, 3.8) is 0 Å². The molecule has 0 aliphatic heterocycles. The number of nitrogens with two attached hydrogens (primary N) is 1. The van der Waals surface area contributed by atoms with Crippen molar-refractivity contribution in [2.75, 3.05) is 6.54 Å². The minimum absolute atomic E-state index is 0.0353. The molecule has 0 fully saturated rings. The Morgan fingerprint density at radius 3 is 2.56 bits per heavy atom. The van der Waals surface area contributed by atoms with Gasteiger partial charge >= 0.3 is 5.97 Å². The van der Waals surface area contributed by atoms with E-state index in [1.165, 1.54) is 12.1 Å². The standard InChI is InChI=1S/C13H18FNO3/c1-9(6-10(8-15)7-13(16)17)18-12-4-2-11(14)3-5-12/h2-5,9-10H,6-8,15H2,1H3,(H,16,17). The maximum Gasteiger partial charge on any atom is 0.303 e. The van der Waals surface area contributed by atoms with Crippen LogP contribution in [0.2, 0.25) is 0 Å². The van der Waals surface area contributed by atoms with Gasteiger partial charge in [-0.15, -0.1) is 0 Å². The molecular weight excluding hydrogens is 237 g/mol. The molecule has 2 atom stereocenters. The lowest BCUT2D eigenvalue weighted by atomic mass is 9.99. The van der Waals surface area contributed by atoms with Crippen molar-refractivity contribution in [1.29, 1.82) is 0 Å². The molecule has 0 aromatic heterocycles. The van der Waals surface area contributed by atoms with Crippen LogP contribution in [0, 0.1) is 11.7 Å². The molecule has 0 aliphatic rings. The molecule has 0 saturated carbocycles. The Morgan fingerprint density at radius 2 is 2.06 bits per heavy atom. The van der Waals surface area contributed by atoms with Crippen LogP contribution in [-0.4, -0.2) is 23.7 Å². The van der Waals surface area contributed by atoms with Gasteiger partial charge in [0, 0.05) is 6.42 Å². The quantitative estimate of drug-likeness (QED) is 0.782. The summed E-state index contributed by atoms with van der Waals surface area (Å²) in [5.41, 5.74) is 5.51. The van der Waals surface area contributed by atoms with Crippen molar-refractivity contribution in [2.24, 2.45) is 11.7 Å². The Hall–Kier alpha value is -1.62. The van der Waals surface area contributed by atoms with E-state index in [-0.39, 0.29) is 24.3 Å². The minimum Gasteiger partial charge on any atom is -0.491 e. The number of ether oxygens (including phenoxy) is 1. The van der Waals surface area contributed by atoms with Gasteiger partial charge in [0.1, 0.15) is 11.6 Å². The zero-order valence-corrected chi connectivity index (χ0v) is 10.3. The number of aliphatic carboxylic acids is 1. The fourth-order valence-corrected chi connectivity index (χ4v) is 1.77. The predicted octanol–water partition coefficient (Wildman–Crippen LogP) is 2.03. The normalized spacial score (nSPS) is 13.9. The second-order valence-corrected chi connectivity index (χ2v) is 4.32. The van der Waals surface area contributed by atoms with Crippen LogP contribution in [0.5, 0.6) is 5.75 Å². The zero-order chi connectivity index (χ0) is 13.5. The predicted molar refractivity (Wildman–Crippen MR) is 65.9 cm³/mol. The van der Waals surface area contributed by atoms with Crippen LogP contribution in [-0.2, 0) is 4.79 Å². The summed E-state index contributed by atoms with van der Waals surface area (Å²) >= 11 is 0. The fourth-order valence-electron chi connectivity index (χ4n) is 1.77. The van der Waals surface area contributed by atoms with E-state index in [2.05, 4.69) is 0 Å². The van der Waals surface area contributed by atoms with Crippen molar-refractivity contribution in [3.8, 4) is 5.75 Å². The first-order chi connectivity index (χ1) is 8.51. The topological polar surface area (TPSA) is 72.6 Å². The van der Waals surface area contributed by atoms with Crippen LogP contribution in [0.25, 0.3) is 0 Å². The Kier molecular flexibility index (Phi) is 5.58. The average molecular weight is 255 g/mol. The van der Waals surface area contributed by atoms with Gasteiger partial charge < -0.3 is 15.6 Å². The summed E-state index contributed by atoms with van der Waals surface area (Å²) in [7, 11) is 0. The highest BCUT2D eigenvalue weighted by molar-refractivity contribution is 5.67. The summed E-state index contributed by atoms with van der Waals surface area (Å²) in [5.74, 6) is -0.729. The van der Waals surface area contributed by atoms with E-state index in [1.54, 1.807) is 12.1 Å². The van der Waals surface area contributed by atoms with Gasteiger partial charge in [0.15, 0.2) is 0 Å². The zero-order valence-electron chi connectivity index (χ0n) is 10.3. The molecule has 0 heterocycles. The van der Waals surface area contributed by atoms with Gasteiger partial charge in [-0.25, -0.2) is 4.39 Å². The summed E-state index contributed by atoms with van der Waals surface area (Å²) in [6.07, 6.45) is 0.428. The van der Waals surface area contributed by atoms with Gasteiger partial charge in [-0.05, 0) is 50.1 Å². The Labute approximate surface area is 106 Å². The Morgan fingerprint density at radius 1 is 1.44 bits per heavy atom. The van der Waals surface area contributed by atoms with Crippen molar-refractivity contribution in [1.82, 2.24) is 0 Å². The second kappa shape index (κ2) is 6.96. The SMILES string of the molecule is CC(CC(CN)CC(=O)O)Oc1ccc(F)cc1. The van der Waals surface area contributed by atoms with Gasteiger partial charge in [0.2, 0.25) is 0 Å². The molecule has 0 radical (unpaired) electrons. The smallest absolute Gasteiger partial charge is 0.303 e. The highest BCUT2D eigenvalue weighted by Crippen LogP contribution is 2.17. The third-order valence-corrected chi connectivity index (χ3v) is 2.61. The van der Waals surface area contributed by atoms with Crippen molar-refractivity contribution >= 4 is 5.97 Å². The van der Waals surface area contributed by atoms with E-state index in [0.29, 0.717) is 18.7 Å². The van der Waals surface area contributed by atoms with Crippen molar-refractivity contribution in [2.45, 2.75) is 25.9 Å². The van der Waals surface area contributed by atoms with Crippen LogP contribution in [0.3, 0.4) is 0 Å². The Bertz CT molecular complexity index is 380. The summed E-state index contributed by atoms with van der Waals surface area (Å²) in [6.45, 7) is 2.15. The van der Waals surface area contributed by atoms with Gasteiger partial charge in [0.05, 0.1) is 6.10 Å². The number of rotatable bonds is 7. The second-order valence-electron chi connectivity index (χ2n) is 4.32. The van der Waals surface area contributed by atoms with Crippen LogP contribution in [0.4, 0.5) is 4.39 Å². The first-order valence-corrected chi connectivity index (χ1v) is 5.85. The van der Waals surface area contributed by atoms with Crippen molar-refractivity contribution in [3.05, 3.63) is 30.1 Å². The number of carbonyl (C=O) groups is 1. The van der Waals surface area contributed by atoms with Crippen LogP contribution >= 0.6 is 0 Å². The largest absolute Gasteiger partial charge is 0.491 e. The number of hydrogen-bond donors (Lipinski definition) is 2. The molecule has 0 spiro atoms. The highest BCUT2D eigenvalue weighted by atomic mass is 19.1. The number of hydrogen-bond acceptors (Lipinski definition) is 3. The van der Waals surface area contributed by atoms with Crippen LogP contribution in [0.15, 0.2) is 24.3 Å². The average Bonchev–Trinajstić information content (AvgIpc) is 2.30. The van der Waals surface area contributed by atoms with E-state index in [0.717, 1.165) is 0 Å². The third-order valence-electron chi connectivity index (χ3n) is 2.61. The van der Waals surface area contributed by atoms with Gasteiger partial charge in [-0.2, -0.15) is 0 Å². The number of carboxylic acid groups (broad SMARTS) is 1. The lowest BCUT2D eigenvalue weighted by Gasteiger charge is -2.19. The maximum absolute atomic E-state index is 12.7. The minimum atomic E-state index is -0.862. The summed E-state index contributed by atoms with van der Waals surface area (Å²) in [4.78, 5) is 10.6. The maximum atomic E-state index is 12.7. The molecule has 5 heteroatoms. The lowest BCUT2D eigenvalue weighted by molar-refractivity contribution is -0.138. The fraction of sp³-hybridized carbons (Fsp3) is 0.462. The lowest BCUT2D eigenvalue weighted by Crippen LogP contribution is -2.24. The third kappa shape index (κ3) is 5.14. The van der Waals surface area contributed by atoms with E-state index >= 15 is 0 Å². The monoisotopic (exact) mass is 255 g/mol. The molecule has 0 aliphatic carbocycles. The van der Waals surface area contributed by atoms with Gasteiger partial charge in [-0.1, -0.05) is 0 Å². The Balaban J connectivity index is 2.46. The first kappa shape index (κ1) is 14.4. The molecule has 1 aromatic carbocycles. The molecule has 1 aromatic rings. The summed E-state index contributed by atoms with van der Waals surface area (Å²) in [6, 6.07) is 5.72. The molecule has 0 amide bonds. The van der Waals surface area contributed by atoms with Gasteiger partial charge in [0.25, 0.3) is 0 Å². The summed E-state index contributed by atoms with van der Waals surface area (Å²) < 4.78 is 18.3. The van der Waals surface area contributed by atoms with E-state index in [4.69, 9.17) is 15.6 Å². The molecule has 4 nitrogen and oxygen atoms in total. The van der Waals surface area contributed by atoms with Crippen molar-refractivity contribution < 1.29 is 19.0 Å². The number of halogens is 1. The molecular formula is C13H18FNO3. The molecule has 1 rings (SSSR count). The van der Waals surface area contributed by atoms with E-state index < -0.39 is 5.97 Å². The van der Waals surface area contributed by atoms with Crippen LogP contribution < -0.4 is 10.5 Å². The highest BCUT2D eigenvalue weighted by Gasteiger charge is 2.16. The molecule has 18 heavy (non-hydrogen) atoms. The summed E-state index contributed by atoms with van der Waals surface area (Å²) in [5, 5.41) is 8.71. The molecule has 100 valence electrons. The van der Waals surface area contributed by atoms with E-state index in [9.17, 15) is 9.18 Å². The van der Waals surface area contributed by atoms with Crippen LogP contribution in [0.1, 0.15) is 19.8 Å². The number of benzene rings is 1. The molecule has 0 saturated heterocycles. The molecule has 0 bridgehead atoms. The van der Waals surface area contributed by atoms with Gasteiger partial charge in [-0.3, -0.25) is 4.79 Å². The molecule has 3 N–H and O–H groups in total. The number of carboxylic acids is 1. The van der Waals surface area contributed by atoms with E-state index in [1.807, 2.05) is 6.92 Å². The first-order valence-electron chi connectivity index (χ1n) is 5.85.